The Bertz CT molecular complexity index is 579. The smallest absolute Gasteiger partial charge is 0.414 e. The summed E-state index contributed by atoms with van der Waals surface area (Å²) in [6, 6.07) is 6.79. The second kappa shape index (κ2) is 5.99. The number of fused-ring (bicyclic) bond motifs is 1. The van der Waals surface area contributed by atoms with Crippen LogP contribution in [0.2, 0.25) is 0 Å². The number of aliphatic carboxylic acids is 1. The first kappa shape index (κ1) is 15.1. The van der Waals surface area contributed by atoms with Crippen LogP contribution in [0.4, 0.5) is 10.5 Å². The molecule has 21 heavy (non-hydrogen) atoms. The van der Waals surface area contributed by atoms with Crippen LogP contribution in [0.1, 0.15) is 19.4 Å². The van der Waals surface area contributed by atoms with Gasteiger partial charge in [0.25, 0.3) is 0 Å². The first-order chi connectivity index (χ1) is 9.97. The van der Waals surface area contributed by atoms with Crippen LogP contribution in [0.5, 0.6) is 0 Å². The summed E-state index contributed by atoms with van der Waals surface area (Å²) in [4.78, 5) is 25.2. The van der Waals surface area contributed by atoms with Crippen LogP contribution >= 0.6 is 0 Å². The van der Waals surface area contributed by atoms with E-state index in [1.807, 2.05) is 38.1 Å². The summed E-state index contributed by atoms with van der Waals surface area (Å²) in [5, 5.41) is 9.50. The van der Waals surface area contributed by atoms with Gasteiger partial charge in [0, 0.05) is 0 Å². The molecule has 0 aliphatic carbocycles. The van der Waals surface area contributed by atoms with E-state index in [1.54, 1.807) is 12.1 Å². The number of ether oxygens (including phenoxy) is 1. The Morgan fingerprint density at radius 1 is 1.29 bits per heavy atom. The van der Waals surface area contributed by atoms with Crippen molar-refractivity contribution in [3.8, 4) is 0 Å². The predicted molar refractivity (Wildman–Crippen MR) is 80.1 cm³/mol. The fourth-order valence-corrected chi connectivity index (χ4v) is 2.72. The Balaban J connectivity index is 2.51. The third-order valence-electron chi connectivity index (χ3n) is 3.71. The number of para-hydroxylation sites is 1. The molecule has 112 valence electrons. The Morgan fingerprint density at radius 3 is 2.52 bits per heavy atom. The van der Waals surface area contributed by atoms with Gasteiger partial charge in [-0.05, 0) is 17.5 Å². The van der Waals surface area contributed by atoms with Gasteiger partial charge in [0.1, 0.15) is 0 Å². The van der Waals surface area contributed by atoms with Crippen LogP contribution in [-0.4, -0.2) is 30.3 Å². The van der Waals surface area contributed by atoms with Crippen molar-refractivity contribution in [1.29, 1.82) is 0 Å². The number of hydrogen-bond donors (Lipinski definition) is 1. The molecule has 1 aliphatic rings. The van der Waals surface area contributed by atoms with E-state index in [2.05, 4.69) is 0 Å². The lowest BCUT2D eigenvalue weighted by atomic mass is 9.85. The molecular formula is C16H19NO4. The van der Waals surface area contributed by atoms with Gasteiger partial charge in [-0.25, -0.2) is 4.79 Å². The van der Waals surface area contributed by atoms with Gasteiger partial charge in [-0.2, -0.15) is 0 Å². The molecule has 0 fully saturated rings. The lowest BCUT2D eigenvalue weighted by Gasteiger charge is -2.37. The number of carboxylic acid groups (broad SMARTS) is 1. The van der Waals surface area contributed by atoms with Gasteiger partial charge < -0.3 is 9.84 Å². The largest absolute Gasteiger partial charge is 0.481 e. The highest BCUT2D eigenvalue weighted by atomic mass is 16.5. The molecule has 0 aromatic heterocycles. The lowest BCUT2D eigenvalue weighted by molar-refractivity contribution is -0.143. The number of carbonyl (C=O) groups is 2. The van der Waals surface area contributed by atoms with Crippen molar-refractivity contribution in [3.05, 3.63) is 35.9 Å². The molecule has 5 nitrogen and oxygen atoms in total. The Hall–Kier alpha value is -2.30. The number of rotatable bonds is 3. The maximum Gasteiger partial charge on any atom is 0.414 e. The van der Waals surface area contributed by atoms with Crippen LogP contribution in [-0.2, 0) is 9.53 Å². The second-order valence-electron chi connectivity index (χ2n) is 5.36. The fourth-order valence-electron chi connectivity index (χ4n) is 2.72. The van der Waals surface area contributed by atoms with Crippen LogP contribution in [0.15, 0.2) is 30.3 Å². The van der Waals surface area contributed by atoms with Crippen molar-refractivity contribution in [3.63, 3.8) is 0 Å². The zero-order valence-corrected chi connectivity index (χ0v) is 12.3. The number of methoxy groups -OCH3 is 1. The molecule has 0 saturated carbocycles. The molecule has 1 aromatic carbocycles. The number of carboxylic acids is 1. The minimum atomic E-state index is -0.923. The van der Waals surface area contributed by atoms with E-state index in [0.717, 1.165) is 5.56 Å². The molecule has 2 unspecified atom stereocenters. The molecule has 2 rings (SSSR count). The maximum absolute atomic E-state index is 12.2. The van der Waals surface area contributed by atoms with Crippen molar-refractivity contribution in [2.24, 2.45) is 11.8 Å². The number of amides is 1. The topological polar surface area (TPSA) is 66.8 Å². The molecule has 1 N–H and O–H groups in total. The molecule has 1 aromatic rings. The minimum absolute atomic E-state index is 0.116. The third-order valence-corrected chi connectivity index (χ3v) is 3.71. The van der Waals surface area contributed by atoms with Crippen molar-refractivity contribution in [2.75, 3.05) is 12.0 Å². The molecule has 1 amide bonds. The molecular weight excluding hydrogens is 270 g/mol. The van der Waals surface area contributed by atoms with E-state index in [4.69, 9.17) is 4.74 Å². The molecule has 1 heterocycles. The van der Waals surface area contributed by atoms with E-state index >= 15 is 0 Å². The van der Waals surface area contributed by atoms with Gasteiger partial charge in [0.05, 0.1) is 24.8 Å². The molecule has 1 aliphatic heterocycles. The number of nitrogens with zero attached hydrogens (tertiary/aromatic N) is 1. The number of carbonyl (C=O) groups excluding carboxylic acids is 1. The standard InChI is InChI=1S/C16H19NO4/c1-10(2)14(15(18)19)13-9-8-11-6-4-5-7-12(11)17(13)16(20)21-3/h4-10,13-14H,1-3H3,(H,18,19). The summed E-state index contributed by atoms with van der Waals surface area (Å²) in [5.74, 6) is -1.74. The highest BCUT2D eigenvalue weighted by Crippen LogP contribution is 2.34. The lowest BCUT2D eigenvalue weighted by Crippen LogP contribution is -2.49. The molecule has 0 saturated heterocycles. The van der Waals surface area contributed by atoms with Gasteiger partial charge in [-0.3, -0.25) is 9.69 Å². The predicted octanol–water partition coefficient (Wildman–Crippen LogP) is 3.01. The van der Waals surface area contributed by atoms with E-state index in [-0.39, 0.29) is 5.92 Å². The SMILES string of the molecule is COC(=O)N1c2ccccc2C=CC1C(C(=O)O)C(C)C. The molecule has 0 spiro atoms. The van der Waals surface area contributed by atoms with E-state index in [1.165, 1.54) is 12.0 Å². The monoisotopic (exact) mass is 289 g/mol. The zero-order chi connectivity index (χ0) is 15.6. The summed E-state index contributed by atoms with van der Waals surface area (Å²) in [6.45, 7) is 3.67. The summed E-state index contributed by atoms with van der Waals surface area (Å²) in [6.07, 6.45) is 3.07. The molecule has 0 bridgehead atoms. The number of hydrogen-bond acceptors (Lipinski definition) is 3. The Kier molecular flexibility index (Phi) is 4.31. The average molecular weight is 289 g/mol. The zero-order valence-electron chi connectivity index (χ0n) is 12.3. The molecule has 5 heteroatoms. The van der Waals surface area contributed by atoms with Crippen LogP contribution in [0.3, 0.4) is 0 Å². The highest BCUT2D eigenvalue weighted by molar-refractivity contribution is 5.94. The van der Waals surface area contributed by atoms with Gasteiger partial charge in [-0.15, -0.1) is 0 Å². The Labute approximate surface area is 123 Å². The van der Waals surface area contributed by atoms with E-state index < -0.39 is 24.0 Å². The van der Waals surface area contributed by atoms with Crippen molar-refractivity contribution in [2.45, 2.75) is 19.9 Å². The second-order valence-corrected chi connectivity index (χ2v) is 5.36. The fraction of sp³-hybridized carbons (Fsp3) is 0.375. The highest BCUT2D eigenvalue weighted by Gasteiger charge is 2.39. The average Bonchev–Trinajstić information content (AvgIpc) is 2.45. The first-order valence-corrected chi connectivity index (χ1v) is 6.84. The van der Waals surface area contributed by atoms with Crippen LogP contribution in [0.25, 0.3) is 6.08 Å². The summed E-state index contributed by atoms with van der Waals surface area (Å²) in [7, 11) is 1.30. The van der Waals surface area contributed by atoms with Gasteiger partial charge in [-0.1, -0.05) is 44.2 Å². The molecule has 0 radical (unpaired) electrons. The van der Waals surface area contributed by atoms with Crippen molar-refractivity contribution < 1.29 is 19.4 Å². The Morgan fingerprint density at radius 2 is 1.95 bits per heavy atom. The van der Waals surface area contributed by atoms with Gasteiger partial charge in [0.15, 0.2) is 0 Å². The van der Waals surface area contributed by atoms with E-state index in [0.29, 0.717) is 5.69 Å². The number of benzene rings is 1. The first-order valence-electron chi connectivity index (χ1n) is 6.84. The van der Waals surface area contributed by atoms with Crippen molar-refractivity contribution >= 4 is 23.8 Å². The summed E-state index contributed by atoms with van der Waals surface area (Å²) < 4.78 is 4.85. The van der Waals surface area contributed by atoms with Crippen LogP contribution in [0, 0.1) is 11.8 Å². The van der Waals surface area contributed by atoms with E-state index in [9.17, 15) is 14.7 Å². The quantitative estimate of drug-likeness (QED) is 0.928. The normalized spacial score (nSPS) is 18.3. The van der Waals surface area contributed by atoms with Gasteiger partial charge >= 0.3 is 12.1 Å². The maximum atomic E-state index is 12.2. The minimum Gasteiger partial charge on any atom is -0.481 e. The number of anilines is 1. The summed E-state index contributed by atoms with van der Waals surface area (Å²) >= 11 is 0. The van der Waals surface area contributed by atoms with Crippen molar-refractivity contribution in [1.82, 2.24) is 0 Å². The molecule has 2 atom stereocenters. The third kappa shape index (κ3) is 2.77. The van der Waals surface area contributed by atoms with Gasteiger partial charge in [0.2, 0.25) is 0 Å². The van der Waals surface area contributed by atoms with Crippen LogP contribution < -0.4 is 4.90 Å². The summed E-state index contributed by atoms with van der Waals surface area (Å²) in [5.41, 5.74) is 1.54.